The molecule has 8 heteroatoms. The van der Waals surface area contributed by atoms with Crippen molar-refractivity contribution in [3.63, 3.8) is 0 Å². The van der Waals surface area contributed by atoms with Crippen LogP contribution in [0.5, 0.6) is 0 Å². The van der Waals surface area contributed by atoms with Crippen molar-refractivity contribution < 1.29 is 0 Å². The van der Waals surface area contributed by atoms with E-state index in [0.717, 1.165) is 33.5 Å². The normalized spacial score (nSPS) is 11.1. The van der Waals surface area contributed by atoms with Gasteiger partial charge in [-0.3, -0.25) is 9.67 Å². The quantitative estimate of drug-likeness (QED) is 0.358. The molecule has 0 saturated heterocycles. The summed E-state index contributed by atoms with van der Waals surface area (Å²) >= 11 is 12.3. The van der Waals surface area contributed by atoms with Crippen LogP contribution in [0.2, 0.25) is 10.0 Å². The van der Waals surface area contributed by atoms with Crippen molar-refractivity contribution in [3.05, 3.63) is 83.1 Å². The summed E-state index contributed by atoms with van der Waals surface area (Å²) < 4.78 is 1.77. The zero-order chi connectivity index (χ0) is 21.4. The highest BCUT2D eigenvalue weighted by Crippen LogP contribution is 2.30. The second kappa shape index (κ2) is 7.98. The molecule has 0 amide bonds. The molecule has 152 valence electrons. The van der Waals surface area contributed by atoms with Gasteiger partial charge in [0.05, 0.1) is 11.2 Å². The van der Waals surface area contributed by atoms with E-state index in [2.05, 4.69) is 20.4 Å². The lowest BCUT2D eigenvalue weighted by molar-refractivity contribution is 0.779. The monoisotopic (exact) mass is 446 g/mol. The van der Waals surface area contributed by atoms with Crippen molar-refractivity contribution in [3.8, 4) is 22.6 Å². The minimum Gasteiger partial charge on any atom is -0.325 e. The largest absolute Gasteiger partial charge is 0.325 e. The summed E-state index contributed by atoms with van der Waals surface area (Å²) in [5.41, 5.74) is 3.40. The van der Waals surface area contributed by atoms with Crippen LogP contribution < -0.4 is 5.32 Å². The summed E-state index contributed by atoms with van der Waals surface area (Å²) in [5, 5.41) is 10.1. The Kier molecular flexibility index (Phi) is 5.02. The maximum absolute atomic E-state index is 6.26. The van der Waals surface area contributed by atoms with Crippen molar-refractivity contribution in [1.82, 2.24) is 24.7 Å². The Labute approximate surface area is 188 Å². The molecule has 6 nitrogen and oxygen atoms in total. The van der Waals surface area contributed by atoms with E-state index in [0.29, 0.717) is 21.7 Å². The van der Waals surface area contributed by atoms with Gasteiger partial charge in [-0.1, -0.05) is 35.3 Å². The number of nitrogens with zero attached hydrogens (tertiary/aromatic N) is 5. The highest BCUT2D eigenvalue weighted by Gasteiger charge is 2.14. The van der Waals surface area contributed by atoms with Gasteiger partial charge in [0.25, 0.3) is 0 Å². The molecule has 0 spiro atoms. The Morgan fingerprint density at radius 2 is 1.68 bits per heavy atom. The molecule has 0 bridgehead atoms. The molecule has 0 atom stereocenters. The molecule has 0 unspecified atom stereocenters. The van der Waals surface area contributed by atoms with Crippen molar-refractivity contribution >= 4 is 45.7 Å². The fraction of sp³-hybridized carbons (Fsp3) is 0.0435. The van der Waals surface area contributed by atoms with Crippen LogP contribution in [-0.2, 0) is 7.05 Å². The van der Waals surface area contributed by atoms with Gasteiger partial charge in [-0.2, -0.15) is 5.10 Å². The van der Waals surface area contributed by atoms with Crippen molar-refractivity contribution in [2.45, 2.75) is 0 Å². The summed E-state index contributed by atoms with van der Waals surface area (Å²) in [6.07, 6.45) is 3.46. The minimum absolute atomic E-state index is 0.575. The summed E-state index contributed by atoms with van der Waals surface area (Å²) in [4.78, 5) is 13.6. The van der Waals surface area contributed by atoms with Crippen molar-refractivity contribution in [2.24, 2.45) is 7.05 Å². The van der Waals surface area contributed by atoms with Crippen LogP contribution in [0.4, 0.5) is 11.6 Å². The molecule has 0 aliphatic carbocycles. The smallest absolute Gasteiger partial charge is 0.163 e. The van der Waals surface area contributed by atoms with Gasteiger partial charge < -0.3 is 5.32 Å². The zero-order valence-corrected chi connectivity index (χ0v) is 17.9. The van der Waals surface area contributed by atoms with Crippen LogP contribution >= 0.6 is 23.2 Å². The van der Waals surface area contributed by atoms with E-state index >= 15 is 0 Å². The van der Waals surface area contributed by atoms with E-state index in [1.807, 2.05) is 67.7 Å². The molecule has 1 N–H and O–H groups in total. The molecular weight excluding hydrogens is 431 g/mol. The Balaban J connectivity index is 1.60. The van der Waals surface area contributed by atoms with Gasteiger partial charge >= 0.3 is 0 Å². The average molecular weight is 447 g/mol. The Bertz CT molecular complexity index is 1380. The first-order valence-corrected chi connectivity index (χ1v) is 10.3. The SMILES string of the molecule is Cn1nc(-c2ccc(Cl)cc2)cc1Nc1nc(-c2cccnc2)nc2ccc(Cl)cc12. The summed E-state index contributed by atoms with van der Waals surface area (Å²) in [6.45, 7) is 0. The number of hydrogen-bond acceptors (Lipinski definition) is 5. The van der Waals surface area contributed by atoms with Gasteiger partial charge in [-0.15, -0.1) is 0 Å². The van der Waals surface area contributed by atoms with Gasteiger partial charge in [0.1, 0.15) is 11.6 Å². The second-order valence-corrected chi connectivity index (χ2v) is 7.84. The topological polar surface area (TPSA) is 68.5 Å². The lowest BCUT2D eigenvalue weighted by Crippen LogP contribution is -2.03. The predicted octanol–water partition coefficient (Wildman–Crippen LogP) is 6.14. The van der Waals surface area contributed by atoms with Crippen molar-refractivity contribution in [1.29, 1.82) is 0 Å². The van der Waals surface area contributed by atoms with E-state index in [-0.39, 0.29) is 0 Å². The first kappa shape index (κ1) is 19.5. The molecule has 0 aliphatic heterocycles. The number of aromatic nitrogens is 5. The number of hydrogen-bond donors (Lipinski definition) is 1. The van der Waals surface area contributed by atoms with Gasteiger partial charge in [-0.05, 0) is 42.5 Å². The molecule has 5 rings (SSSR count). The second-order valence-electron chi connectivity index (χ2n) is 6.97. The van der Waals surface area contributed by atoms with Gasteiger partial charge in [-0.25, -0.2) is 9.97 Å². The molecular formula is C23H16Cl2N6. The molecule has 0 radical (unpaired) electrons. The third-order valence-corrected chi connectivity index (χ3v) is 5.33. The Morgan fingerprint density at radius 3 is 2.45 bits per heavy atom. The fourth-order valence-corrected chi connectivity index (χ4v) is 3.59. The number of anilines is 2. The third kappa shape index (κ3) is 3.95. The standard InChI is InChI=1S/C23H16Cl2N6/c1-31-21(12-20(30-31)14-4-6-16(24)7-5-14)28-23-18-11-17(25)8-9-19(18)27-22(29-23)15-3-2-10-26-13-15/h2-13H,1H3,(H,27,28,29). The lowest BCUT2D eigenvalue weighted by atomic mass is 10.1. The van der Waals surface area contributed by atoms with Crippen LogP contribution in [0.3, 0.4) is 0 Å². The first-order chi connectivity index (χ1) is 15.1. The fourth-order valence-electron chi connectivity index (χ4n) is 3.29. The number of nitrogens with one attached hydrogen (secondary N) is 1. The van der Waals surface area contributed by atoms with E-state index < -0.39 is 0 Å². The number of rotatable bonds is 4. The van der Waals surface area contributed by atoms with Crippen LogP contribution in [0.15, 0.2) is 73.1 Å². The van der Waals surface area contributed by atoms with E-state index in [4.69, 9.17) is 28.2 Å². The Hall–Kier alpha value is -3.48. The van der Waals surface area contributed by atoms with Gasteiger partial charge in [0.2, 0.25) is 0 Å². The average Bonchev–Trinajstić information content (AvgIpc) is 3.15. The number of benzene rings is 2. The predicted molar refractivity (Wildman–Crippen MR) is 125 cm³/mol. The molecule has 3 aromatic heterocycles. The maximum Gasteiger partial charge on any atom is 0.163 e. The van der Waals surface area contributed by atoms with E-state index in [1.54, 1.807) is 17.1 Å². The molecule has 2 aromatic carbocycles. The molecule has 0 saturated carbocycles. The minimum atomic E-state index is 0.575. The lowest BCUT2D eigenvalue weighted by Gasteiger charge is -2.11. The molecule has 3 heterocycles. The van der Waals surface area contributed by atoms with Gasteiger partial charge in [0, 0.05) is 52.1 Å². The molecule has 5 aromatic rings. The number of halogens is 2. The summed E-state index contributed by atoms with van der Waals surface area (Å²) in [6, 6.07) is 18.9. The third-order valence-electron chi connectivity index (χ3n) is 4.84. The number of aryl methyl sites for hydroxylation is 1. The highest BCUT2D eigenvalue weighted by molar-refractivity contribution is 6.31. The number of fused-ring (bicyclic) bond motifs is 1. The van der Waals surface area contributed by atoms with Crippen LogP contribution in [0.1, 0.15) is 0 Å². The van der Waals surface area contributed by atoms with Crippen molar-refractivity contribution in [2.75, 3.05) is 5.32 Å². The molecule has 0 fully saturated rings. The molecule has 31 heavy (non-hydrogen) atoms. The maximum atomic E-state index is 6.26. The summed E-state index contributed by atoms with van der Waals surface area (Å²) in [5.74, 6) is 1.99. The highest BCUT2D eigenvalue weighted by atomic mass is 35.5. The van der Waals surface area contributed by atoms with Crippen LogP contribution in [-0.4, -0.2) is 24.7 Å². The zero-order valence-electron chi connectivity index (χ0n) is 16.4. The Morgan fingerprint density at radius 1 is 0.871 bits per heavy atom. The van der Waals surface area contributed by atoms with E-state index in [9.17, 15) is 0 Å². The molecule has 0 aliphatic rings. The van der Waals surface area contributed by atoms with Crippen LogP contribution in [0.25, 0.3) is 33.5 Å². The van der Waals surface area contributed by atoms with E-state index in [1.165, 1.54) is 0 Å². The van der Waals surface area contributed by atoms with Crippen LogP contribution in [0, 0.1) is 0 Å². The number of pyridine rings is 1. The van der Waals surface area contributed by atoms with Gasteiger partial charge in [0.15, 0.2) is 5.82 Å². The first-order valence-electron chi connectivity index (χ1n) is 9.51. The summed E-state index contributed by atoms with van der Waals surface area (Å²) in [7, 11) is 1.88.